The molecule has 1 fully saturated rings. The van der Waals surface area contributed by atoms with E-state index < -0.39 is 0 Å². The van der Waals surface area contributed by atoms with Gasteiger partial charge in [-0.05, 0) is 39.7 Å². The fraction of sp³-hybridized carbons (Fsp3) is 0.643. The molecule has 20 heavy (non-hydrogen) atoms. The molecule has 1 aliphatic rings. The summed E-state index contributed by atoms with van der Waals surface area (Å²) in [4.78, 5) is 25.4. The van der Waals surface area contributed by atoms with E-state index >= 15 is 0 Å². The van der Waals surface area contributed by atoms with Gasteiger partial charge >= 0.3 is 0 Å². The van der Waals surface area contributed by atoms with E-state index in [1.165, 1.54) is 0 Å². The summed E-state index contributed by atoms with van der Waals surface area (Å²) in [5.74, 6) is -0.300. The van der Waals surface area contributed by atoms with Gasteiger partial charge < -0.3 is 10.6 Å². The third-order valence-corrected chi connectivity index (χ3v) is 3.98. The number of hydrogen-bond acceptors (Lipinski definition) is 3. The Labute approximate surface area is 118 Å². The first-order valence-corrected chi connectivity index (χ1v) is 7.01. The second-order valence-electron chi connectivity index (χ2n) is 5.55. The van der Waals surface area contributed by atoms with E-state index in [2.05, 4.69) is 5.10 Å². The monoisotopic (exact) mass is 278 g/mol. The Morgan fingerprint density at radius 1 is 1.35 bits per heavy atom. The van der Waals surface area contributed by atoms with E-state index in [1.807, 2.05) is 26.8 Å². The van der Waals surface area contributed by atoms with Crippen molar-refractivity contribution in [3.8, 4) is 0 Å². The lowest BCUT2D eigenvalue weighted by Crippen LogP contribution is -2.44. The van der Waals surface area contributed by atoms with Crippen molar-refractivity contribution < 1.29 is 9.59 Å². The zero-order valence-corrected chi connectivity index (χ0v) is 12.3. The van der Waals surface area contributed by atoms with Gasteiger partial charge in [0.25, 0.3) is 0 Å². The highest BCUT2D eigenvalue weighted by Crippen LogP contribution is 2.20. The summed E-state index contributed by atoms with van der Waals surface area (Å²) < 4.78 is 1.76. The van der Waals surface area contributed by atoms with Crippen molar-refractivity contribution in [2.24, 2.45) is 11.7 Å². The minimum atomic E-state index is -0.311. The molecule has 1 aromatic rings. The first kappa shape index (κ1) is 14.6. The highest BCUT2D eigenvalue weighted by atomic mass is 16.2. The number of aromatic nitrogens is 2. The summed E-state index contributed by atoms with van der Waals surface area (Å²) in [6, 6.07) is 1.65. The van der Waals surface area contributed by atoms with Crippen LogP contribution in [0.5, 0.6) is 0 Å². The first-order valence-electron chi connectivity index (χ1n) is 7.01. The molecule has 0 saturated carbocycles. The van der Waals surface area contributed by atoms with E-state index in [0.29, 0.717) is 25.9 Å². The molecule has 0 aliphatic carbocycles. The van der Waals surface area contributed by atoms with Crippen LogP contribution >= 0.6 is 0 Å². The number of amides is 2. The predicted molar refractivity (Wildman–Crippen MR) is 74.9 cm³/mol. The maximum atomic E-state index is 12.5. The second-order valence-corrected chi connectivity index (χ2v) is 5.55. The van der Waals surface area contributed by atoms with Gasteiger partial charge in [-0.2, -0.15) is 5.10 Å². The number of piperidine rings is 1. The van der Waals surface area contributed by atoms with Gasteiger partial charge in [-0.3, -0.25) is 14.3 Å². The SMILES string of the molecule is Cc1cc(C)n(C(C)C(=O)N2CCC(C(N)=O)CC2)n1. The Morgan fingerprint density at radius 2 is 1.95 bits per heavy atom. The van der Waals surface area contributed by atoms with Crippen molar-refractivity contribution in [1.29, 1.82) is 0 Å². The third-order valence-electron chi connectivity index (χ3n) is 3.98. The smallest absolute Gasteiger partial charge is 0.247 e. The Morgan fingerprint density at radius 3 is 2.40 bits per heavy atom. The lowest BCUT2D eigenvalue weighted by molar-refractivity contribution is -0.137. The lowest BCUT2D eigenvalue weighted by Gasteiger charge is -2.32. The predicted octanol–water partition coefficient (Wildman–Crippen LogP) is 0.785. The highest BCUT2D eigenvalue weighted by Gasteiger charge is 2.29. The number of likely N-dealkylation sites (tertiary alicyclic amines) is 1. The number of primary amides is 1. The standard InChI is InChI=1S/C14H22N4O2/c1-9-8-10(2)18(16-9)11(3)14(20)17-6-4-12(5-7-17)13(15)19/h8,11-12H,4-7H2,1-3H3,(H2,15,19). The summed E-state index contributed by atoms with van der Waals surface area (Å²) in [7, 11) is 0. The van der Waals surface area contributed by atoms with Crippen LogP contribution in [-0.2, 0) is 9.59 Å². The molecule has 110 valence electrons. The van der Waals surface area contributed by atoms with Gasteiger partial charge in [0.2, 0.25) is 11.8 Å². The van der Waals surface area contributed by atoms with Crippen molar-refractivity contribution >= 4 is 11.8 Å². The molecule has 2 heterocycles. The summed E-state index contributed by atoms with van der Waals surface area (Å²) in [5.41, 5.74) is 7.20. The van der Waals surface area contributed by atoms with Crippen molar-refractivity contribution in [2.45, 2.75) is 39.7 Å². The van der Waals surface area contributed by atoms with E-state index in [4.69, 9.17) is 5.73 Å². The number of hydrogen-bond donors (Lipinski definition) is 1. The van der Waals surface area contributed by atoms with Gasteiger partial charge in [-0.25, -0.2) is 0 Å². The summed E-state index contributed by atoms with van der Waals surface area (Å²) >= 11 is 0. The maximum absolute atomic E-state index is 12.5. The van der Waals surface area contributed by atoms with E-state index in [0.717, 1.165) is 11.4 Å². The number of nitrogens with two attached hydrogens (primary N) is 1. The van der Waals surface area contributed by atoms with Gasteiger partial charge in [0.05, 0.1) is 5.69 Å². The van der Waals surface area contributed by atoms with Crippen LogP contribution in [0.2, 0.25) is 0 Å². The molecular weight excluding hydrogens is 256 g/mol. The molecule has 1 aliphatic heterocycles. The molecule has 0 spiro atoms. The number of carbonyl (C=O) groups excluding carboxylic acids is 2. The normalized spacial score (nSPS) is 18.1. The van der Waals surface area contributed by atoms with E-state index in [9.17, 15) is 9.59 Å². The number of aryl methyl sites for hydroxylation is 2. The van der Waals surface area contributed by atoms with Crippen LogP contribution in [-0.4, -0.2) is 39.6 Å². The average molecular weight is 278 g/mol. The Bertz CT molecular complexity index is 515. The van der Waals surface area contributed by atoms with Crippen LogP contribution in [0, 0.1) is 19.8 Å². The first-order chi connectivity index (χ1) is 9.40. The highest BCUT2D eigenvalue weighted by molar-refractivity contribution is 5.81. The minimum Gasteiger partial charge on any atom is -0.369 e. The fourth-order valence-electron chi connectivity index (χ4n) is 2.79. The fourth-order valence-corrected chi connectivity index (χ4v) is 2.79. The van der Waals surface area contributed by atoms with Crippen molar-refractivity contribution in [1.82, 2.24) is 14.7 Å². The third kappa shape index (κ3) is 2.84. The largest absolute Gasteiger partial charge is 0.369 e. The molecule has 1 atom stereocenters. The van der Waals surface area contributed by atoms with Crippen LogP contribution < -0.4 is 5.73 Å². The summed E-state index contributed by atoms with van der Waals surface area (Å²) in [6.07, 6.45) is 1.32. The molecule has 0 bridgehead atoms. The molecule has 2 N–H and O–H groups in total. The molecule has 6 nitrogen and oxygen atoms in total. The van der Waals surface area contributed by atoms with E-state index in [1.54, 1.807) is 9.58 Å². The summed E-state index contributed by atoms with van der Waals surface area (Å²) in [6.45, 7) is 6.91. The van der Waals surface area contributed by atoms with Gasteiger partial charge in [0.15, 0.2) is 0 Å². The minimum absolute atomic E-state index is 0.0547. The number of nitrogens with zero attached hydrogens (tertiary/aromatic N) is 3. The van der Waals surface area contributed by atoms with Crippen LogP contribution in [0.15, 0.2) is 6.07 Å². The van der Waals surface area contributed by atoms with Crippen LogP contribution in [0.1, 0.15) is 37.2 Å². The molecule has 1 aromatic heterocycles. The molecule has 0 radical (unpaired) electrons. The van der Waals surface area contributed by atoms with Gasteiger partial charge in [-0.15, -0.1) is 0 Å². The molecule has 2 amide bonds. The molecule has 1 unspecified atom stereocenters. The number of carbonyl (C=O) groups is 2. The molecule has 6 heteroatoms. The number of rotatable bonds is 3. The second kappa shape index (κ2) is 5.64. The zero-order valence-electron chi connectivity index (χ0n) is 12.3. The van der Waals surface area contributed by atoms with E-state index in [-0.39, 0.29) is 23.8 Å². The molecule has 1 saturated heterocycles. The van der Waals surface area contributed by atoms with Crippen molar-refractivity contribution in [3.05, 3.63) is 17.5 Å². The van der Waals surface area contributed by atoms with Crippen molar-refractivity contribution in [3.63, 3.8) is 0 Å². The Balaban J connectivity index is 2.02. The quantitative estimate of drug-likeness (QED) is 0.887. The topological polar surface area (TPSA) is 81.2 Å². The Kier molecular flexibility index (Phi) is 4.11. The van der Waals surface area contributed by atoms with Crippen molar-refractivity contribution in [2.75, 3.05) is 13.1 Å². The molecular formula is C14H22N4O2. The van der Waals surface area contributed by atoms with Gasteiger partial charge in [-0.1, -0.05) is 0 Å². The zero-order chi connectivity index (χ0) is 14.9. The van der Waals surface area contributed by atoms with Gasteiger partial charge in [0, 0.05) is 24.7 Å². The summed E-state index contributed by atoms with van der Waals surface area (Å²) in [5, 5.41) is 4.36. The Hall–Kier alpha value is -1.85. The lowest BCUT2D eigenvalue weighted by atomic mass is 9.96. The maximum Gasteiger partial charge on any atom is 0.247 e. The average Bonchev–Trinajstić information content (AvgIpc) is 2.76. The van der Waals surface area contributed by atoms with Crippen LogP contribution in [0.3, 0.4) is 0 Å². The molecule has 2 rings (SSSR count). The van der Waals surface area contributed by atoms with Crippen LogP contribution in [0.25, 0.3) is 0 Å². The van der Waals surface area contributed by atoms with Crippen LogP contribution in [0.4, 0.5) is 0 Å². The molecule has 0 aromatic carbocycles. The van der Waals surface area contributed by atoms with Gasteiger partial charge in [0.1, 0.15) is 6.04 Å².